The number of likely N-dealkylation sites (tertiary alicyclic amines) is 1. The SMILES string of the molecule is CCC1CC2(CCN(C(F)F)CC2)C1. The summed E-state index contributed by atoms with van der Waals surface area (Å²) in [6.45, 7) is 1.20. The van der Waals surface area contributed by atoms with Gasteiger partial charge in [0.15, 0.2) is 0 Å². The number of alkyl halides is 2. The van der Waals surface area contributed by atoms with Gasteiger partial charge in [-0.25, -0.2) is 4.90 Å². The second-order valence-corrected chi connectivity index (χ2v) is 5.00. The molecule has 1 saturated heterocycles. The maximum absolute atomic E-state index is 12.4. The van der Waals surface area contributed by atoms with Gasteiger partial charge in [0.1, 0.15) is 0 Å². The fourth-order valence-electron chi connectivity index (χ4n) is 3.06. The number of hydrogen-bond donors (Lipinski definition) is 0. The standard InChI is InChI=1S/C11H19F2N/c1-2-9-7-11(8-9)3-5-14(6-4-11)10(12)13/h9-10H,2-8H2,1H3. The molecule has 82 valence electrons. The highest BCUT2D eigenvalue weighted by Crippen LogP contribution is 2.53. The molecule has 0 unspecified atom stereocenters. The second-order valence-electron chi connectivity index (χ2n) is 5.00. The molecule has 0 N–H and O–H groups in total. The zero-order valence-corrected chi connectivity index (χ0v) is 8.81. The smallest absolute Gasteiger partial charge is 0.247 e. The van der Waals surface area contributed by atoms with E-state index in [0.29, 0.717) is 18.5 Å². The van der Waals surface area contributed by atoms with Crippen molar-refractivity contribution in [2.75, 3.05) is 13.1 Å². The molecule has 14 heavy (non-hydrogen) atoms. The van der Waals surface area contributed by atoms with Crippen LogP contribution in [0.1, 0.15) is 39.0 Å². The first-order valence-electron chi connectivity index (χ1n) is 5.67. The van der Waals surface area contributed by atoms with E-state index in [1.165, 1.54) is 24.2 Å². The monoisotopic (exact) mass is 203 g/mol. The summed E-state index contributed by atoms with van der Waals surface area (Å²) in [5.41, 5.74) is 0.464. The minimum Gasteiger partial charge on any atom is -0.247 e. The molecule has 0 aromatic rings. The molecule has 3 heteroatoms. The molecular formula is C11H19F2N. The lowest BCUT2D eigenvalue weighted by Gasteiger charge is -2.52. The van der Waals surface area contributed by atoms with E-state index in [9.17, 15) is 8.78 Å². The van der Waals surface area contributed by atoms with Crippen LogP contribution in [-0.4, -0.2) is 24.5 Å². The molecule has 1 aliphatic heterocycles. The number of nitrogens with zero attached hydrogens (tertiary/aromatic N) is 1. The van der Waals surface area contributed by atoms with E-state index >= 15 is 0 Å². The van der Waals surface area contributed by atoms with E-state index in [-0.39, 0.29) is 0 Å². The molecule has 0 amide bonds. The van der Waals surface area contributed by atoms with E-state index in [1.807, 2.05) is 0 Å². The Kier molecular flexibility index (Phi) is 2.78. The maximum Gasteiger partial charge on any atom is 0.294 e. The van der Waals surface area contributed by atoms with Crippen molar-refractivity contribution in [3.8, 4) is 0 Å². The Morgan fingerprint density at radius 3 is 2.29 bits per heavy atom. The Morgan fingerprint density at radius 2 is 1.86 bits per heavy atom. The first-order valence-corrected chi connectivity index (χ1v) is 5.67. The van der Waals surface area contributed by atoms with Crippen molar-refractivity contribution in [2.24, 2.45) is 11.3 Å². The lowest BCUT2D eigenvalue weighted by atomic mass is 9.57. The molecule has 1 nitrogen and oxygen atoms in total. The minimum atomic E-state index is -2.24. The van der Waals surface area contributed by atoms with E-state index < -0.39 is 6.55 Å². The van der Waals surface area contributed by atoms with Gasteiger partial charge in [0.2, 0.25) is 0 Å². The maximum atomic E-state index is 12.4. The summed E-state index contributed by atoms with van der Waals surface area (Å²) in [6.07, 6.45) is 5.84. The lowest BCUT2D eigenvalue weighted by molar-refractivity contribution is -0.0882. The van der Waals surface area contributed by atoms with Gasteiger partial charge in [-0.05, 0) is 37.0 Å². The van der Waals surface area contributed by atoms with Crippen LogP contribution in [0, 0.1) is 11.3 Å². The fourth-order valence-corrected chi connectivity index (χ4v) is 3.06. The van der Waals surface area contributed by atoms with Crippen molar-refractivity contribution in [1.82, 2.24) is 4.90 Å². The Hall–Kier alpha value is -0.180. The average molecular weight is 203 g/mol. The van der Waals surface area contributed by atoms with Crippen LogP contribution in [0.3, 0.4) is 0 Å². The van der Waals surface area contributed by atoms with Crippen LogP contribution < -0.4 is 0 Å². The molecule has 0 bridgehead atoms. The van der Waals surface area contributed by atoms with Crippen molar-refractivity contribution < 1.29 is 8.78 Å². The van der Waals surface area contributed by atoms with Crippen LogP contribution in [0.25, 0.3) is 0 Å². The van der Waals surface area contributed by atoms with Gasteiger partial charge in [0.25, 0.3) is 6.55 Å². The predicted octanol–water partition coefficient (Wildman–Crippen LogP) is 3.11. The zero-order chi connectivity index (χ0) is 10.2. The molecule has 0 aromatic heterocycles. The number of piperidine rings is 1. The van der Waals surface area contributed by atoms with Gasteiger partial charge >= 0.3 is 0 Å². The van der Waals surface area contributed by atoms with Crippen LogP contribution in [0.5, 0.6) is 0 Å². The van der Waals surface area contributed by atoms with Crippen LogP contribution in [0.2, 0.25) is 0 Å². The van der Waals surface area contributed by atoms with Crippen molar-refractivity contribution in [3.05, 3.63) is 0 Å². The van der Waals surface area contributed by atoms with Crippen molar-refractivity contribution in [2.45, 2.75) is 45.6 Å². The topological polar surface area (TPSA) is 3.24 Å². The predicted molar refractivity (Wildman–Crippen MR) is 52.3 cm³/mol. The largest absolute Gasteiger partial charge is 0.294 e. The summed E-state index contributed by atoms with van der Waals surface area (Å²) < 4.78 is 24.7. The lowest BCUT2D eigenvalue weighted by Crippen LogP contribution is -2.48. The van der Waals surface area contributed by atoms with Gasteiger partial charge in [0.05, 0.1) is 0 Å². The molecular weight excluding hydrogens is 184 g/mol. The normalized spacial score (nSPS) is 28.3. The molecule has 0 aromatic carbocycles. The third-order valence-corrected chi connectivity index (χ3v) is 4.16. The van der Waals surface area contributed by atoms with Gasteiger partial charge in [-0.2, -0.15) is 8.78 Å². The Labute approximate surface area is 84.5 Å². The van der Waals surface area contributed by atoms with Gasteiger partial charge in [-0.3, -0.25) is 0 Å². The Morgan fingerprint density at radius 1 is 1.29 bits per heavy atom. The average Bonchev–Trinajstić information content (AvgIpc) is 2.14. The third-order valence-electron chi connectivity index (χ3n) is 4.16. The van der Waals surface area contributed by atoms with Crippen molar-refractivity contribution in [3.63, 3.8) is 0 Å². The second kappa shape index (κ2) is 3.76. The third kappa shape index (κ3) is 1.79. The van der Waals surface area contributed by atoms with Gasteiger partial charge in [-0.1, -0.05) is 13.3 Å². The van der Waals surface area contributed by atoms with Crippen LogP contribution >= 0.6 is 0 Å². The summed E-state index contributed by atoms with van der Waals surface area (Å²) >= 11 is 0. The number of hydrogen-bond acceptors (Lipinski definition) is 1. The fraction of sp³-hybridized carbons (Fsp3) is 1.00. The molecule has 2 rings (SSSR count). The van der Waals surface area contributed by atoms with E-state index in [1.54, 1.807) is 0 Å². The number of rotatable bonds is 2. The van der Waals surface area contributed by atoms with Crippen LogP contribution in [0.15, 0.2) is 0 Å². The van der Waals surface area contributed by atoms with Crippen LogP contribution in [0.4, 0.5) is 8.78 Å². The van der Waals surface area contributed by atoms with E-state index in [2.05, 4.69) is 6.92 Å². The highest BCUT2D eigenvalue weighted by Gasteiger charge is 2.45. The van der Waals surface area contributed by atoms with Crippen molar-refractivity contribution >= 4 is 0 Å². The van der Waals surface area contributed by atoms with E-state index in [4.69, 9.17) is 0 Å². The zero-order valence-electron chi connectivity index (χ0n) is 8.81. The molecule has 2 fully saturated rings. The van der Waals surface area contributed by atoms with Gasteiger partial charge in [-0.15, -0.1) is 0 Å². The molecule has 1 saturated carbocycles. The summed E-state index contributed by atoms with van der Waals surface area (Å²) in [5.74, 6) is 0.882. The summed E-state index contributed by atoms with van der Waals surface area (Å²) in [4.78, 5) is 1.31. The minimum absolute atomic E-state index is 0.464. The molecule has 1 heterocycles. The number of halogens is 2. The molecule has 1 aliphatic carbocycles. The van der Waals surface area contributed by atoms with Gasteiger partial charge < -0.3 is 0 Å². The summed E-state index contributed by atoms with van der Waals surface area (Å²) in [7, 11) is 0. The Balaban J connectivity index is 1.80. The first kappa shape index (κ1) is 10.3. The molecule has 0 radical (unpaired) electrons. The van der Waals surface area contributed by atoms with Gasteiger partial charge in [0, 0.05) is 13.1 Å². The highest BCUT2D eigenvalue weighted by atomic mass is 19.3. The summed E-state index contributed by atoms with van der Waals surface area (Å²) in [5, 5.41) is 0. The van der Waals surface area contributed by atoms with Crippen molar-refractivity contribution in [1.29, 1.82) is 0 Å². The summed E-state index contributed by atoms with van der Waals surface area (Å²) in [6, 6.07) is 0. The molecule has 2 aliphatic rings. The molecule has 0 atom stereocenters. The quantitative estimate of drug-likeness (QED) is 0.623. The Bertz CT molecular complexity index is 189. The first-order chi connectivity index (χ1) is 6.65. The van der Waals surface area contributed by atoms with Crippen LogP contribution in [-0.2, 0) is 0 Å². The molecule has 1 spiro atoms. The highest BCUT2D eigenvalue weighted by molar-refractivity contribution is 4.96. The van der Waals surface area contributed by atoms with E-state index in [0.717, 1.165) is 18.8 Å².